The van der Waals surface area contributed by atoms with E-state index in [4.69, 9.17) is 0 Å². The number of amides is 2. The van der Waals surface area contributed by atoms with E-state index < -0.39 is 0 Å². The van der Waals surface area contributed by atoms with Gasteiger partial charge in [0.2, 0.25) is 5.91 Å². The summed E-state index contributed by atoms with van der Waals surface area (Å²) in [6.07, 6.45) is 1.80. The van der Waals surface area contributed by atoms with Gasteiger partial charge in [-0.25, -0.2) is 0 Å². The van der Waals surface area contributed by atoms with Crippen molar-refractivity contribution in [3.63, 3.8) is 0 Å². The molecule has 1 fully saturated rings. The van der Waals surface area contributed by atoms with Gasteiger partial charge in [-0.15, -0.1) is 0 Å². The number of nitrogens with one attached hydrogen (secondary N) is 2. The summed E-state index contributed by atoms with van der Waals surface area (Å²) in [6, 6.07) is 7.73. The van der Waals surface area contributed by atoms with Gasteiger partial charge in [0.15, 0.2) is 0 Å². The molecule has 1 aromatic heterocycles. The second-order valence-corrected chi connectivity index (χ2v) is 5.75. The summed E-state index contributed by atoms with van der Waals surface area (Å²) in [5.74, 6) is -0.385. The normalized spacial score (nSPS) is 14.3. The van der Waals surface area contributed by atoms with Crippen molar-refractivity contribution in [1.29, 1.82) is 0 Å². The minimum Gasteiger partial charge on any atom is -0.339 e. The number of hydrogen-bond donors (Lipinski definition) is 2. The van der Waals surface area contributed by atoms with Crippen LogP contribution >= 0.6 is 15.9 Å². The zero-order chi connectivity index (χ0) is 14.3. The summed E-state index contributed by atoms with van der Waals surface area (Å²) < 4.78 is 2.53. The van der Waals surface area contributed by atoms with E-state index in [0.717, 1.165) is 28.2 Å². The van der Waals surface area contributed by atoms with E-state index >= 15 is 0 Å². The van der Waals surface area contributed by atoms with Crippen LogP contribution in [0.4, 0.5) is 0 Å². The van der Waals surface area contributed by atoms with Crippen LogP contribution in [0.3, 0.4) is 0 Å². The summed E-state index contributed by atoms with van der Waals surface area (Å²) >= 11 is 3.46. The maximum Gasteiger partial charge on any atom is 0.287 e. The third-order valence-corrected chi connectivity index (χ3v) is 4.31. The van der Waals surface area contributed by atoms with Gasteiger partial charge in [0.25, 0.3) is 5.91 Å². The first-order valence-electron chi connectivity index (χ1n) is 6.42. The van der Waals surface area contributed by atoms with Crippen LogP contribution in [0.25, 0.3) is 10.9 Å². The molecule has 1 saturated carbocycles. The molecule has 6 heteroatoms. The number of nitrogens with zero attached hydrogens (tertiary/aromatic N) is 1. The van der Waals surface area contributed by atoms with Gasteiger partial charge in [0.05, 0.1) is 4.47 Å². The third-order valence-electron chi connectivity index (χ3n) is 3.51. The van der Waals surface area contributed by atoms with Gasteiger partial charge < -0.3 is 4.57 Å². The smallest absolute Gasteiger partial charge is 0.287 e. The topological polar surface area (TPSA) is 63.1 Å². The maximum atomic E-state index is 12.2. The Morgan fingerprint density at radius 2 is 1.95 bits per heavy atom. The first-order valence-corrected chi connectivity index (χ1v) is 7.22. The van der Waals surface area contributed by atoms with Gasteiger partial charge in [0.1, 0.15) is 5.69 Å². The van der Waals surface area contributed by atoms with Crippen molar-refractivity contribution < 1.29 is 9.59 Å². The fourth-order valence-corrected chi connectivity index (χ4v) is 3.01. The number of rotatable bonds is 2. The number of hydrogen-bond acceptors (Lipinski definition) is 2. The zero-order valence-electron chi connectivity index (χ0n) is 10.9. The fourth-order valence-electron chi connectivity index (χ4n) is 2.22. The highest BCUT2D eigenvalue weighted by Gasteiger charge is 2.30. The lowest BCUT2D eigenvalue weighted by Gasteiger charge is -2.08. The summed E-state index contributed by atoms with van der Waals surface area (Å²) in [4.78, 5) is 23.8. The van der Waals surface area contributed by atoms with E-state index in [0.29, 0.717) is 5.69 Å². The average Bonchev–Trinajstić information content (AvgIpc) is 3.26. The van der Waals surface area contributed by atoms with Crippen molar-refractivity contribution in [2.24, 2.45) is 13.0 Å². The Hall–Kier alpha value is -1.82. The van der Waals surface area contributed by atoms with E-state index in [2.05, 4.69) is 26.8 Å². The van der Waals surface area contributed by atoms with Gasteiger partial charge in [-0.3, -0.25) is 20.4 Å². The molecule has 2 amide bonds. The van der Waals surface area contributed by atoms with E-state index in [1.165, 1.54) is 0 Å². The van der Waals surface area contributed by atoms with Gasteiger partial charge in [-0.05, 0) is 34.8 Å². The third kappa shape index (κ3) is 2.20. The van der Waals surface area contributed by atoms with Crippen LogP contribution in [-0.2, 0) is 11.8 Å². The number of fused-ring (bicyclic) bond motifs is 1. The highest BCUT2D eigenvalue weighted by molar-refractivity contribution is 9.10. The second kappa shape index (κ2) is 4.94. The van der Waals surface area contributed by atoms with Crippen LogP contribution in [-0.4, -0.2) is 16.4 Å². The molecule has 0 radical (unpaired) electrons. The van der Waals surface area contributed by atoms with Crippen molar-refractivity contribution in [3.05, 3.63) is 34.4 Å². The van der Waals surface area contributed by atoms with Crippen LogP contribution in [0.2, 0.25) is 0 Å². The van der Waals surface area contributed by atoms with E-state index in [1.54, 1.807) is 4.57 Å². The summed E-state index contributed by atoms with van der Waals surface area (Å²) in [5, 5.41) is 0.966. The summed E-state index contributed by atoms with van der Waals surface area (Å²) in [7, 11) is 1.82. The predicted molar refractivity (Wildman–Crippen MR) is 79.0 cm³/mol. The van der Waals surface area contributed by atoms with E-state index in [9.17, 15) is 9.59 Å². The Bertz CT molecular complexity index is 665. The van der Waals surface area contributed by atoms with Crippen LogP contribution in [0, 0.1) is 5.92 Å². The molecular formula is C14H14BrN3O2. The first-order chi connectivity index (χ1) is 9.59. The SMILES string of the molecule is Cn1c(C(=O)NNC(=O)C2CC2)c(Br)c2ccccc21. The Kier molecular flexibility index (Phi) is 3.25. The molecule has 0 aliphatic heterocycles. The number of halogens is 1. The molecule has 2 aromatic rings. The molecule has 0 bridgehead atoms. The molecule has 20 heavy (non-hydrogen) atoms. The molecule has 1 aliphatic carbocycles. The predicted octanol–water partition coefficient (Wildman–Crippen LogP) is 2.11. The van der Waals surface area contributed by atoms with Crippen molar-refractivity contribution >= 4 is 38.6 Å². The molecule has 5 nitrogen and oxygen atoms in total. The minimum absolute atomic E-state index is 0.0613. The average molecular weight is 336 g/mol. The van der Waals surface area contributed by atoms with Gasteiger partial charge in [-0.1, -0.05) is 18.2 Å². The lowest BCUT2D eigenvalue weighted by molar-refractivity contribution is -0.123. The molecular weight excluding hydrogens is 322 g/mol. The van der Waals surface area contributed by atoms with Crippen LogP contribution in [0.5, 0.6) is 0 Å². The Morgan fingerprint density at radius 1 is 1.25 bits per heavy atom. The monoisotopic (exact) mass is 335 g/mol. The minimum atomic E-state index is -0.329. The highest BCUT2D eigenvalue weighted by Crippen LogP contribution is 2.30. The van der Waals surface area contributed by atoms with Crippen molar-refractivity contribution in [2.45, 2.75) is 12.8 Å². The number of hydrazine groups is 1. The summed E-state index contributed by atoms with van der Waals surface area (Å²) in [6.45, 7) is 0. The molecule has 1 aromatic carbocycles. The molecule has 0 atom stereocenters. The van der Waals surface area contributed by atoms with Gasteiger partial charge >= 0.3 is 0 Å². The molecule has 3 rings (SSSR count). The number of benzene rings is 1. The van der Waals surface area contributed by atoms with Crippen molar-refractivity contribution in [3.8, 4) is 0 Å². The standard InChI is InChI=1S/C14H14BrN3O2/c1-18-10-5-3-2-4-9(10)11(15)12(18)14(20)17-16-13(19)8-6-7-8/h2-5,8H,6-7H2,1H3,(H,16,19)(H,17,20). The van der Waals surface area contributed by atoms with Crippen LogP contribution in [0.1, 0.15) is 23.3 Å². The van der Waals surface area contributed by atoms with E-state index in [-0.39, 0.29) is 17.7 Å². The number of aromatic nitrogens is 1. The molecule has 0 unspecified atom stereocenters. The number of para-hydroxylation sites is 1. The van der Waals surface area contributed by atoms with Gasteiger partial charge in [0, 0.05) is 23.9 Å². The van der Waals surface area contributed by atoms with Crippen LogP contribution < -0.4 is 10.9 Å². The van der Waals surface area contributed by atoms with Gasteiger partial charge in [-0.2, -0.15) is 0 Å². The highest BCUT2D eigenvalue weighted by atomic mass is 79.9. The largest absolute Gasteiger partial charge is 0.339 e. The Morgan fingerprint density at radius 3 is 2.60 bits per heavy atom. The molecule has 104 valence electrons. The lowest BCUT2D eigenvalue weighted by Crippen LogP contribution is -2.43. The molecule has 0 spiro atoms. The van der Waals surface area contributed by atoms with Crippen molar-refractivity contribution in [2.75, 3.05) is 0 Å². The quantitative estimate of drug-likeness (QED) is 0.825. The first kappa shape index (κ1) is 13.2. The molecule has 2 N–H and O–H groups in total. The van der Waals surface area contributed by atoms with E-state index in [1.807, 2.05) is 31.3 Å². The maximum absolute atomic E-state index is 12.2. The van der Waals surface area contributed by atoms with Crippen LogP contribution in [0.15, 0.2) is 28.7 Å². The molecule has 1 aliphatic rings. The van der Waals surface area contributed by atoms with Crippen molar-refractivity contribution in [1.82, 2.24) is 15.4 Å². The Labute approximate surface area is 124 Å². The molecule has 1 heterocycles. The second-order valence-electron chi connectivity index (χ2n) is 4.96. The number of carbonyl (C=O) groups is 2. The lowest BCUT2D eigenvalue weighted by atomic mass is 10.2. The Balaban J connectivity index is 1.85. The number of aryl methyl sites for hydroxylation is 1. The summed E-state index contributed by atoms with van der Waals surface area (Å²) in [5.41, 5.74) is 6.39. The number of carbonyl (C=O) groups excluding carboxylic acids is 2. The zero-order valence-corrected chi connectivity index (χ0v) is 12.5. The fraction of sp³-hybridized carbons (Fsp3) is 0.286. The molecule has 0 saturated heterocycles.